The van der Waals surface area contributed by atoms with Crippen LogP contribution >= 0.6 is 0 Å². The summed E-state index contributed by atoms with van der Waals surface area (Å²) in [7, 11) is -4.77. The summed E-state index contributed by atoms with van der Waals surface area (Å²) < 4.78 is 56.0. The van der Waals surface area contributed by atoms with E-state index in [-0.39, 0.29) is 17.9 Å². The molecular weight excluding hydrogens is 522 g/mol. The Balaban J connectivity index is 1.78. The number of aromatic nitrogens is 1. The predicted molar refractivity (Wildman–Crippen MR) is 151 cm³/mol. The molecule has 8 nitrogen and oxygen atoms in total. The minimum atomic E-state index is -3.97. The van der Waals surface area contributed by atoms with E-state index in [1.165, 1.54) is 26.1 Å². The standard InChI is InChI=1S/C28H33N3O5S2/c1-4-37(33,34)22-16-20-12-8-9-13-23(20)27-26(19-10-6-5-7-11-19)24-15-14-21(17-25(24)31(27)18-22)28(32)29-38(35,36)30(2)3/h8-9,12-17,19H,4-7,10-11,18H2,1-3H3,(H,29,32). The Morgan fingerprint density at radius 2 is 1.74 bits per heavy atom. The quantitative estimate of drug-likeness (QED) is 0.475. The third-order valence-corrected chi connectivity index (χ3v) is 10.9. The Kier molecular flexibility index (Phi) is 7.00. The van der Waals surface area contributed by atoms with Crippen molar-refractivity contribution in [1.29, 1.82) is 0 Å². The number of nitrogens with one attached hydrogen (secondary N) is 1. The van der Waals surface area contributed by atoms with E-state index in [0.717, 1.165) is 57.7 Å². The molecule has 0 bridgehead atoms. The van der Waals surface area contributed by atoms with Crippen molar-refractivity contribution in [1.82, 2.24) is 13.6 Å². The first-order valence-electron chi connectivity index (χ1n) is 13.0. The number of carbonyl (C=O) groups is 1. The summed E-state index contributed by atoms with van der Waals surface area (Å²) in [6.45, 7) is 1.78. The summed E-state index contributed by atoms with van der Waals surface area (Å²) in [5.41, 5.74) is 4.91. The Bertz CT molecular complexity index is 1660. The largest absolute Gasteiger partial charge is 0.335 e. The van der Waals surface area contributed by atoms with Crippen molar-refractivity contribution in [2.75, 3.05) is 19.8 Å². The van der Waals surface area contributed by atoms with Crippen LogP contribution in [0.5, 0.6) is 0 Å². The highest BCUT2D eigenvalue weighted by Gasteiger charge is 2.31. The van der Waals surface area contributed by atoms with E-state index in [4.69, 9.17) is 0 Å². The number of allylic oxidation sites excluding steroid dienone is 1. The highest BCUT2D eigenvalue weighted by molar-refractivity contribution is 7.95. The lowest BCUT2D eigenvalue weighted by molar-refractivity contribution is 0.0979. The highest BCUT2D eigenvalue weighted by atomic mass is 32.2. The molecule has 3 aromatic rings. The van der Waals surface area contributed by atoms with Gasteiger partial charge in [-0.15, -0.1) is 0 Å². The lowest BCUT2D eigenvalue weighted by Gasteiger charge is -2.24. The molecule has 0 radical (unpaired) electrons. The van der Waals surface area contributed by atoms with E-state index in [1.807, 2.05) is 34.9 Å². The number of rotatable bonds is 6. The van der Waals surface area contributed by atoms with Gasteiger partial charge in [0.1, 0.15) is 0 Å². The van der Waals surface area contributed by atoms with Crippen LogP contribution in [-0.2, 0) is 26.6 Å². The summed E-state index contributed by atoms with van der Waals surface area (Å²) >= 11 is 0. The molecule has 2 heterocycles. The third kappa shape index (κ3) is 4.69. The minimum Gasteiger partial charge on any atom is -0.335 e. The second-order valence-corrected chi connectivity index (χ2v) is 14.5. The molecule has 38 heavy (non-hydrogen) atoms. The van der Waals surface area contributed by atoms with Gasteiger partial charge in [-0.3, -0.25) is 4.79 Å². The first kappa shape index (κ1) is 26.6. The lowest BCUT2D eigenvalue weighted by atomic mass is 9.81. The van der Waals surface area contributed by atoms with Gasteiger partial charge in [-0.2, -0.15) is 12.7 Å². The van der Waals surface area contributed by atoms with Crippen molar-refractivity contribution >= 4 is 42.9 Å². The molecule has 1 saturated carbocycles. The number of nitrogens with zero attached hydrogens (tertiary/aromatic N) is 2. The fourth-order valence-corrected chi connectivity index (χ4v) is 7.17. The van der Waals surface area contributed by atoms with Crippen LogP contribution in [0.4, 0.5) is 0 Å². The maximum Gasteiger partial charge on any atom is 0.303 e. The maximum absolute atomic E-state index is 13.1. The molecule has 0 atom stereocenters. The van der Waals surface area contributed by atoms with Crippen molar-refractivity contribution in [2.24, 2.45) is 0 Å². The summed E-state index contributed by atoms with van der Waals surface area (Å²) in [6, 6.07) is 13.1. The SMILES string of the molecule is CCS(=O)(=O)C1=Cc2ccccc2-c2c(C3CCCCC3)c3ccc(C(=O)NS(=O)(=O)N(C)C)cc3n2C1. The number of hydrogen-bond acceptors (Lipinski definition) is 5. The normalized spacial score (nSPS) is 16.6. The number of fused-ring (bicyclic) bond motifs is 5. The monoisotopic (exact) mass is 555 g/mol. The van der Waals surface area contributed by atoms with Gasteiger partial charge in [0, 0.05) is 36.1 Å². The van der Waals surface area contributed by atoms with Crippen LogP contribution in [0.15, 0.2) is 47.4 Å². The molecule has 1 N–H and O–H groups in total. The Hall–Kier alpha value is -2.95. The number of hydrogen-bond donors (Lipinski definition) is 1. The molecule has 1 amide bonds. The van der Waals surface area contributed by atoms with E-state index >= 15 is 0 Å². The molecule has 0 saturated heterocycles. The molecule has 10 heteroatoms. The molecule has 1 aromatic heterocycles. The van der Waals surface area contributed by atoms with Gasteiger partial charge in [-0.25, -0.2) is 13.1 Å². The average Bonchev–Trinajstić information content (AvgIpc) is 3.10. The topological polar surface area (TPSA) is 106 Å². The van der Waals surface area contributed by atoms with Gasteiger partial charge >= 0.3 is 10.2 Å². The fraction of sp³-hybridized carbons (Fsp3) is 0.393. The zero-order chi connectivity index (χ0) is 27.2. The van der Waals surface area contributed by atoms with Gasteiger partial charge < -0.3 is 4.57 Å². The molecule has 1 aliphatic heterocycles. The molecule has 2 aliphatic rings. The van der Waals surface area contributed by atoms with E-state index in [0.29, 0.717) is 10.8 Å². The van der Waals surface area contributed by atoms with Crippen LogP contribution in [0.25, 0.3) is 28.2 Å². The first-order chi connectivity index (χ1) is 18.0. The Morgan fingerprint density at radius 1 is 1.03 bits per heavy atom. The van der Waals surface area contributed by atoms with E-state index < -0.39 is 26.0 Å². The number of benzene rings is 2. The third-order valence-electron chi connectivity index (χ3n) is 7.71. The molecule has 0 spiro atoms. The van der Waals surface area contributed by atoms with Crippen LogP contribution in [0.1, 0.15) is 66.4 Å². The van der Waals surface area contributed by atoms with Crippen LogP contribution in [0.3, 0.4) is 0 Å². The highest BCUT2D eigenvalue weighted by Crippen LogP contribution is 2.46. The second kappa shape index (κ2) is 9.98. The molecule has 2 aromatic carbocycles. The molecule has 1 fully saturated rings. The Labute approximate surface area is 224 Å². The van der Waals surface area contributed by atoms with Gasteiger partial charge in [0.15, 0.2) is 9.84 Å². The van der Waals surface area contributed by atoms with Gasteiger partial charge in [-0.05, 0) is 48.1 Å². The van der Waals surface area contributed by atoms with Crippen molar-refractivity contribution in [3.8, 4) is 11.3 Å². The minimum absolute atomic E-state index is 0.0128. The summed E-state index contributed by atoms with van der Waals surface area (Å²) in [5, 5.41) is 0.976. The lowest BCUT2D eigenvalue weighted by Crippen LogP contribution is -2.39. The molecule has 0 unspecified atom stereocenters. The van der Waals surface area contributed by atoms with Crippen LogP contribution in [0, 0.1) is 0 Å². The van der Waals surface area contributed by atoms with Crippen LogP contribution < -0.4 is 4.72 Å². The zero-order valence-corrected chi connectivity index (χ0v) is 23.5. The molecular formula is C28H33N3O5S2. The first-order valence-corrected chi connectivity index (χ1v) is 16.1. The Morgan fingerprint density at radius 3 is 2.42 bits per heavy atom. The molecule has 1 aliphatic carbocycles. The summed E-state index contributed by atoms with van der Waals surface area (Å²) in [5.74, 6) is -0.434. The number of sulfone groups is 1. The van der Waals surface area contributed by atoms with E-state index in [1.54, 1.807) is 25.1 Å². The molecule has 5 rings (SSSR count). The summed E-state index contributed by atoms with van der Waals surface area (Å²) in [6.07, 6.45) is 7.34. The van der Waals surface area contributed by atoms with Gasteiger partial charge in [0.25, 0.3) is 5.91 Å². The maximum atomic E-state index is 13.1. The van der Waals surface area contributed by atoms with Gasteiger partial charge in [-0.1, -0.05) is 56.5 Å². The average molecular weight is 556 g/mol. The van der Waals surface area contributed by atoms with Gasteiger partial charge in [0.05, 0.1) is 22.9 Å². The molecule has 202 valence electrons. The predicted octanol–water partition coefficient (Wildman–Crippen LogP) is 4.68. The van der Waals surface area contributed by atoms with Crippen molar-refractivity contribution in [2.45, 2.75) is 51.5 Å². The van der Waals surface area contributed by atoms with E-state index in [9.17, 15) is 21.6 Å². The van der Waals surface area contributed by atoms with Crippen LogP contribution in [0.2, 0.25) is 0 Å². The van der Waals surface area contributed by atoms with E-state index in [2.05, 4.69) is 4.72 Å². The summed E-state index contributed by atoms with van der Waals surface area (Å²) in [4.78, 5) is 13.3. The number of amides is 1. The fourth-order valence-electron chi connectivity index (χ4n) is 5.63. The second-order valence-electron chi connectivity index (χ2n) is 10.2. The van der Waals surface area contributed by atoms with Crippen LogP contribution in [-0.4, -0.2) is 51.5 Å². The van der Waals surface area contributed by atoms with Crippen molar-refractivity contribution in [3.63, 3.8) is 0 Å². The van der Waals surface area contributed by atoms with Crippen molar-refractivity contribution < 1.29 is 21.6 Å². The number of carbonyl (C=O) groups excluding carboxylic acids is 1. The zero-order valence-electron chi connectivity index (χ0n) is 21.9. The smallest absolute Gasteiger partial charge is 0.303 e. The van der Waals surface area contributed by atoms with Gasteiger partial charge in [0.2, 0.25) is 0 Å². The van der Waals surface area contributed by atoms with Crippen molar-refractivity contribution in [3.05, 3.63) is 64.1 Å².